The first-order valence-electron chi connectivity index (χ1n) is 16.3. The molecule has 0 saturated heterocycles. The average molecular weight is 596 g/mol. The van der Waals surface area contributed by atoms with Crippen molar-refractivity contribution >= 4 is 64.9 Å². The minimum absolute atomic E-state index is 1.19. The molecule has 0 aliphatic heterocycles. The first-order valence-corrected chi connectivity index (χ1v) is 16.3. The zero-order chi connectivity index (χ0) is 30.9. The van der Waals surface area contributed by atoms with Crippen LogP contribution in [0.15, 0.2) is 176 Å². The van der Waals surface area contributed by atoms with Gasteiger partial charge in [-0.15, -0.1) is 0 Å². The van der Waals surface area contributed by atoms with Crippen LogP contribution in [0.5, 0.6) is 0 Å². The van der Waals surface area contributed by atoms with Gasteiger partial charge in [0, 0.05) is 16.5 Å². The Hall–Kier alpha value is -6.18. The fourth-order valence-electron chi connectivity index (χ4n) is 7.64. The molecule has 0 aliphatic rings. The SMILES string of the molecule is c1ccc2cc(-n3c4ccccc4c4c5ccc(-c6ccc7ccc(-c8cccc9ccccc89)cc7c6)cc5ccc43)ccc2c1. The second-order valence-corrected chi connectivity index (χ2v) is 12.6. The molecule has 1 aromatic heterocycles. The van der Waals surface area contributed by atoms with Crippen molar-refractivity contribution in [1.82, 2.24) is 4.57 Å². The van der Waals surface area contributed by atoms with Crippen LogP contribution < -0.4 is 0 Å². The summed E-state index contributed by atoms with van der Waals surface area (Å²) in [6.07, 6.45) is 0. The van der Waals surface area contributed by atoms with Gasteiger partial charge in [-0.25, -0.2) is 0 Å². The number of rotatable bonds is 3. The van der Waals surface area contributed by atoms with Crippen molar-refractivity contribution in [3.05, 3.63) is 176 Å². The van der Waals surface area contributed by atoms with Crippen molar-refractivity contribution < 1.29 is 0 Å². The van der Waals surface area contributed by atoms with Gasteiger partial charge >= 0.3 is 0 Å². The van der Waals surface area contributed by atoms with Crippen LogP contribution in [0.2, 0.25) is 0 Å². The second kappa shape index (κ2) is 10.2. The lowest BCUT2D eigenvalue weighted by atomic mass is 9.94. The van der Waals surface area contributed by atoms with Crippen LogP contribution >= 0.6 is 0 Å². The van der Waals surface area contributed by atoms with Crippen LogP contribution in [0, 0.1) is 0 Å². The van der Waals surface area contributed by atoms with E-state index in [1.807, 2.05) is 0 Å². The summed E-state index contributed by atoms with van der Waals surface area (Å²) in [6, 6.07) is 64.6. The summed E-state index contributed by atoms with van der Waals surface area (Å²) in [6.45, 7) is 0. The zero-order valence-electron chi connectivity index (χ0n) is 25.7. The van der Waals surface area contributed by atoms with Gasteiger partial charge in [-0.3, -0.25) is 0 Å². The molecule has 0 aliphatic carbocycles. The maximum Gasteiger partial charge on any atom is 0.0547 e. The van der Waals surface area contributed by atoms with E-state index in [-0.39, 0.29) is 0 Å². The molecule has 0 radical (unpaired) electrons. The van der Waals surface area contributed by atoms with Crippen molar-refractivity contribution in [3.8, 4) is 27.9 Å². The number of nitrogens with zero attached hydrogens (tertiary/aromatic N) is 1. The van der Waals surface area contributed by atoms with Crippen LogP contribution in [-0.2, 0) is 0 Å². The van der Waals surface area contributed by atoms with Gasteiger partial charge in [0.2, 0.25) is 0 Å². The molecule has 0 saturated carbocycles. The lowest BCUT2D eigenvalue weighted by molar-refractivity contribution is 1.19. The summed E-state index contributed by atoms with van der Waals surface area (Å²) in [5, 5.41) is 12.7. The standard InChI is InChI=1S/C46H29N/c1-2-10-33-29-39(23-20-30(33)8-1)47-44-15-6-5-13-43(44)46-42-24-21-35(26-37(42)22-25-45(46)47)34-18-16-31-17-19-36(28-38(31)27-34)41-14-7-11-32-9-3-4-12-40(32)41/h1-29H. The van der Waals surface area contributed by atoms with Gasteiger partial charge in [-0.05, 0) is 108 Å². The van der Waals surface area contributed by atoms with Gasteiger partial charge in [0.05, 0.1) is 11.0 Å². The Balaban J connectivity index is 1.11. The quantitative estimate of drug-likeness (QED) is 0.191. The van der Waals surface area contributed by atoms with Gasteiger partial charge in [0.15, 0.2) is 0 Å². The molecule has 0 atom stereocenters. The van der Waals surface area contributed by atoms with Crippen molar-refractivity contribution in [3.63, 3.8) is 0 Å². The van der Waals surface area contributed by atoms with Crippen molar-refractivity contribution in [2.24, 2.45) is 0 Å². The molecule has 0 spiro atoms. The van der Waals surface area contributed by atoms with Crippen LogP contribution in [0.1, 0.15) is 0 Å². The van der Waals surface area contributed by atoms with Gasteiger partial charge in [-0.2, -0.15) is 0 Å². The Bertz CT molecular complexity index is 2850. The van der Waals surface area contributed by atoms with E-state index >= 15 is 0 Å². The van der Waals surface area contributed by atoms with E-state index in [2.05, 4.69) is 180 Å². The van der Waals surface area contributed by atoms with Gasteiger partial charge < -0.3 is 4.57 Å². The molecule has 0 N–H and O–H groups in total. The fraction of sp³-hybridized carbons (Fsp3) is 0. The molecule has 0 amide bonds. The predicted octanol–water partition coefficient (Wildman–Crippen LogP) is 12.7. The van der Waals surface area contributed by atoms with E-state index in [1.54, 1.807) is 0 Å². The number of aromatic nitrogens is 1. The smallest absolute Gasteiger partial charge is 0.0547 e. The number of para-hydroxylation sites is 1. The molecule has 218 valence electrons. The molecule has 9 aromatic carbocycles. The van der Waals surface area contributed by atoms with E-state index in [0.717, 1.165) is 0 Å². The zero-order valence-corrected chi connectivity index (χ0v) is 25.7. The molecule has 10 aromatic rings. The summed E-state index contributed by atoms with van der Waals surface area (Å²) >= 11 is 0. The highest BCUT2D eigenvalue weighted by molar-refractivity contribution is 6.21. The first-order chi connectivity index (χ1) is 23.3. The van der Waals surface area contributed by atoms with E-state index in [9.17, 15) is 0 Å². The summed E-state index contributed by atoms with van der Waals surface area (Å²) in [5.74, 6) is 0. The Morgan fingerprint density at radius 1 is 0.298 bits per heavy atom. The number of fused-ring (bicyclic) bond motifs is 8. The number of benzene rings is 9. The molecule has 10 rings (SSSR count). The maximum absolute atomic E-state index is 2.42. The molecule has 47 heavy (non-hydrogen) atoms. The van der Waals surface area contributed by atoms with E-state index in [4.69, 9.17) is 0 Å². The Kier molecular flexibility index (Phi) is 5.64. The fourth-order valence-corrected chi connectivity index (χ4v) is 7.64. The first kappa shape index (κ1) is 26.1. The topological polar surface area (TPSA) is 4.93 Å². The number of hydrogen-bond donors (Lipinski definition) is 0. The molecular weight excluding hydrogens is 567 g/mol. The normalized spacial score (nSPS) is 11.8. The molecular formula is C46H29N. The second-order valence-electron chi connectivity index (χ2n) is 12.6. The molecule has 1 heterocycles. The summed E-state index contributed by atoms with van der Waals surface area (Å²) in [5.41, 5.74) is 8.62. The Morgan fingerprint density at radius 3 is 1.81 bits per heavy atom. The highest BCUT2D eigenvalue weighted by atomic mass is 15.0. The van der Waals surface area contributed by atoms with Crippen LogP contribution in [0.4, 0.5) is 0 Å². The highest BCUT2D eigenvalue weighted by Crippen LogP contribution is 2.39. The lowest BCUT2D eigenvalue weighted by Crippen LogP contribution is -1.93. The van der Waals surface area contributed by atoms with E-state index < -0.39 is 0 Å². The van der Waals surface area contributed by atoms with Crippen LogP contribution in [0.25, 0.3) is 92.8 Å². The molecule has 0 fully saturated rings. The molecule has 1 nitrogen and oxygen atoms in total. The van der Waals surface area contributed by atoms with Crippen molar-refractivity contribution in [2.75, 3.05) is 0 Å². The average Bonchev–Trinajstić information content (AvgIpc) is 3.48. The monoisotopic (exact) mass is 595 g/mol. The van der Waals surface area contributed by atoms with Crippen LogP contribution in [-0.4, -0.2) is 4.57 Å². The molecule has 0 unspecified atom stereocenters. The van der Waals surface area contributed by atoms with E-state index in [0.29, 0.717) is 0 Å². The summed E-state index contributed by atoms with van der Waals surface area (Å²) in [7, 11) is 0. The van der Waals surface area contributed by atoms with Gasteiger partial charge in [-0.1, -0.05) is 133 Å². The highest BCUT2D eigenvalue weighted by Gasteiger charge is 2.15. The van der Waals surface area contributed by atoms with Gasteiger partial charge in [0.1, 0.15) is 0 Å². The maximum atomic E-state index is 2.42. The largest absolute Gasteiger partial charge is 0.309 e. The molecule has 0 bridgehead atoms. The predicted molar refractivity (Wildman–Crippen MR) is 202 cm³/mol. The summed E-state index contributed by atoms with van der Waals surface area (Å²) in [4.78, 5) is 0. The number of hydrogen-bond acceptors (Lipinski definition) is 0. The third kappa shape index (κ3) is 4.10. The Labute approximate surface area is 272 Å². The van der Waals surface area contributed by atoms with E-state index in [1.165, 1.54) is 92.8 Å². The minimum Gasteiger partial charge on any atom is -0.309 e. The van der Waals surface area contributed by atoms with Crippen molar-refractivity contribution in [2.45, 2.75) is 0 Å². The van der Waals surface area contributed by atoms with Gasteiger partial charge in [0.25, 0.3) is 0 Å². The summed E-state index contributed by atoms with van der Waals surface area (Å²) < 4.78 is 2.42. The van der Waals surface area contributed by atoms with Crippen molar-refractivity contribution in [1.29, 1.82) is 0 Å². The van der Waals surface area contributed by atoms with Crippen LogP contribution in [0.3, 0.4) is 0 Å². The third-order valence-electron chi connectivity index (χ3n) is 9.92. The molecule has 1 heteroatoms. The minimum atomic E-state index is 1.19. The Morgan fingerprint density at radius 2 is 0.915 bits per heavy atom. The third-order valence-corrected chi connectivity index (χ3v) is 9.92. The lowest BCUT2D eigenvalue weighted by Gasteiger charge is -2.11.